The molecule has 2 aliphatic rings. The van der Waals surface area contributed by atoms with Crippen LogP contribution in [0.3, 0.4) is 0 Å². The van der Waals surface area contributed by atoms with E-state index in [4.69, 9.17) is 0 Å². The lowest BCUT2D eigenvalue weighted by Crippen LogP contribution is -2.52. The predicted molar refractivity (Wildman–Crippen MR) is 103 cm³/mol. The summed E-state index contributed by atoms with van der Waals surface area (Å²) in [5.74, 6) is 1.35. The van der Waals surface area contributed by atoms with Gasteiger partial charge in [0.05, 0.1) is 17.6 Å². The lowest BCUT2D eigenvalue weighted by atomic mass is 10.1. The number of para-hydroxylation sites is 2. The van der Waals surface area contributed by atoms with Gasteiger partial charge < -0.3 is 19.7 Å². The van der Waals surface area contributed by atoms with Gasteiger partial charge in [0.25, 0.3) is 0 Å². The second kappa shape index (κ2) is 7.21. The van der Waals surface area contributed by atoms with Crippen LogP contribution in [-0.2, 0) is 18.4 Å². The van der Waals surface area contributed by atoms with Crippen molar-refractivity contribution >= 4 is 23.0 Å². The SMILES string of the molecule is CN(Cc1nc2ccccc2n1C)C(=O)N[C@H]1CCCN(C(=O)C2CC2)C1. The first kappa shape index (κ1) is 17.8. The van der Waals surface area contributed by atoms with E-state index in [1.165, 1.54) is 0 Å². The van der Waals surface area contributed by atoms with Gasteiger partial charge in [-0.25, -0.2) is 9.78 Å². The summed E-state index contributed by atoms with van der Waals surface area (Å²) in [6.07, 6.45) is 3.90. The molecule has 0 spiro atoms. The minimum absolute atomic E-state index is 0.0249. The van der Waals surface area contributed by atoms with Crippen LogP contribution < -0.4 is 5.32 Å². The predicted octanol–water partition coefficient (Wildman–Crippen LogP) is 2.12. The number of hydrogen-bond donors (Lipinski definition) is 1. The summed E-state index contributed by atoms with van der Waals surface area (Å²) < 4.78 is 2.02. The molecule has 2 fully saturated rings. The molecule has 2 aromatic rings. The number of aromatic nitrogens is 2. The van der Waals surface area contributed by atoms with E-state index in [2.05, 4.69) is 10.3 Å². The molecule has 1 aliphatic heterocycles. The summed E-state index contributed by atoms with van der Waals surface area (Å²) in [5.41, 5.74) is 1.99. The summed E-state index contributed by atoms with van der Waals surface area (Å²) >= 11 is 0. The van der Waals surface area contributed by atoms with E-state index in [1.807, 2.05) is 40.8 Å². The van der Waals surface area contributed by atoms with Gasteiger partial charge in [-0.2, -0.15) is 0 Å². The molecule has 1 aliphatic carbocycles. The van der Waals surface area contributed by atoms with Gasteiger partial charge in [0.2, 0.25) is 5.91 Å². The smallest absolute Gasteiger partial charge is 0.317 e. The van der Waals surface area contributed by atoms with Gasteiger partial charge in [-0.1, -0.05) is 12.1 Å². The molecule has 4 rings (SSSR count). The largest absolute Gasteiger partial charge is 0.340 e. The highest BCUT2D eigenvalue weighted by atomic mass is 16.2. The standard InChI is InChI=1S/C20H27N5O2/c1-23(13-18-22-16-7-3-4-8-17(16)24(18)2)20(27)21-15-6-5-11-25(12-15)19(26)14-9-10-14/h3-4,7-8,14-15H,5-6,9-13H2,1-2H3,(H,21,27)/t15-/m0/s1. The Labute approximate surface area is 159 Å². The molecule has 1 saturated heterocycles. The zero-order valence-electron chi connectivity index (χ0n) is 16.0. The summed E-state index contributed by atoms with van der Waals surface area (Å²) in [4.78, 5) is 33.1. The number of urea groups is 1. The molecule has 27 heavy (non-hydrogen) atoms. The molecule has 1 atom stereocenters. The van der Waals surface area contributed by atoms with Crippen LogP contribution in [0.25, 0.3) is 11.0 Å². The van der Waals surface area contributed by atoms with Crippen molar-refractivity contribution in [2.24, 2.45) is 13.0 Å². The molecule has 1 saturated carbocycles. The first-order valence-corrected chi connectivity index (χ1v) is 9.73. The number of hydrogen-bond acceptors (Lipinski definition) is 3. The van der Waals surface area contributed by atoms with Crippen LogP contribution in [0.2, 0.25) is 0 Å². The first-order chi connectivity index (χ1) is 13.0. The van der Waals surface area contributed by atoms with Gasteiger partial charge >= 0.3 is 6.03 Å². The number of rotatable bonds is 4. The Hall–Kier alpha value is -2.57. The van der Waals surface area contributed by atoms with Crippen LogP contribution in [0.15, 0.2) is 24.3 Å². The average molecular weight is 369 g/mol. The topological polar surface area (TPSA) is 70.5 Å². The van der Waals surface area contributed by atoms with E-state index in [0.717, 1.165) is 49.1 Å². The van der Waals surface area contributed by atoms with E-state index in [9.17, 15) is 9.59 Å². The highest BCUT2D eigenvalue weighted by Gasteiger charge is 2.35. The van der Waals surface area contributed by atoms with Crippen LogP contribution >= 0.6 is 0 Å². The number of carbonyl (C=O) groups excluding carboxylic acids is 2. The Kier molecular flexibility index (Phi) is 4.76. The lowest BCUT2D eigenvalue weighted by molar-refractivity contribution is -0.133. The van der Waals surface area contributed by atoms with Crippen molar-refractivity contribution in [3.05, 3.63) is 30.1 Å². The maximum atomic E-state index is 12.6. The Bertz CT molecular complexity index is 857. The number of imidazole rings is 1. The fourth-order valence-corrected chi connectivity index (χ4v) is 3.79. The zero-order chi connectivity index (χ0) is 19.0. The summed E-state index contributed by atoms with van der Waals surface area (Å²) in [5, 5.41) is 3.09. The van der Waals surface area contributed by atoms with E-state index < -0.39 is 0 Å². The highest BCUT2D eigenvalue weighted by Crippen LogP contribution is 2.31. The fourth-order valence-electron chi connectivity index (χ4n) is 3.79. The zero-order valence-corrected chi connectivity index (χ0v) is 16.0. The van der Waals surface area contributed by atoms with Gasteiger partial charge in [0.15, 0.2) is 0 Å². The molecule has 0 unspecified atom stereocenters. The fraction of sp³-hybridized carbons (Fsp3) is 0.550. The van der Waals surface area contributed by atoms with Crippen molar-refractivity contribution < 1.29 is 9.59 Å². The second-order valence-corrected chi connectivity index (χ2v) is 7.78. The first-order valence-electron chi connectivity index (χ1n) is 9.73. The van der Waals surface area contributed by atoms with E-state index in [0.29, 0.717) is 13.1 Å². The molecular formula is C20H27N5O2. The maximum Gasteiger partial charge on any atom is 0.317 e. The van der Waals surface area contributed by atoms with Crippen LogP contribution in [0.4, 0.5) is 4.79 Å². The van der Waals surface area contributed by atoms with Gasteiger partial charge in [0, 0.05) is 39.1 Å². The molecule has 144 valence electrons. The number of benzene rings is 1. The number of fused-ring (bicyclic) bond motifs is 1. The summed E-state index contributed by atoms with van der Waals surface area (Å²) in [7, 11) is 3.75. The van der Waals surface area contributed by atoms with Gasteiger partial charge in [0.1, 0.15) is 5.82 Å². The summed E-state index contributed by atoms with van der Waals surface area (Å²) in [6, 6.07) is 7.87. The van der Waals surface area contributed by atoms with Crippen LogP contribution in [0, 0.1) is 5.92 Å². The van der Waals surface area contributed by atoms with E-state index in [-0.39, 0.29) is 23.9 Å². The maximum absolute atomic E-state index is 12.6. The van der Waals surface area contributed by atoms with E-state index in [1.54, 1.807) is 11.9 Å². The van der Waals surface area contributed by atoms with Crippen molar-refractivity contribution in [2.45, 2.75) is 38.3 Å². The van der Waals surface area contributed by atoms with Crippen molar-refractivity contribution in [1.82, 2.24) is 24.7 Å². The van der Waals surface area contributed by atoms with Gasteiger partial charge in [-0.3, -0.25) is 4.79 Å². The number of piperidine rings is 1. The molecule has 1 aromatic heterocycles. The third kappa shape index (κ3) is 3.77. The van der Waals surface area contributed by atoms with Crippen molar-refractivity contribution in [1.29, 1.82) is 0 Å². The van der Waals surface area contributed by atoms with Gasteiger partial charge in [-0.05, 0) is 37.8 Å². The summed E-state index contributed by atoms with van der Waals surface area (Å²) in [6.45, 7) is 1.88. The molecule has 0 radical (unpaired) electrons. The minimum atomic E-state index is -0.118. The Morgan fingerprint density at radius 1 is 1.26 bits per heavy atom. The third-order valence-corrected chi connectivity index (χ3v) is 5.59. The van der Waals surface area contributed by atoms with Crippen molar-refractivity contribution in [3.63, 3.8) is 0 Å². The molecule has 1 aromatic carbocycles. The Morgan fingerprint density at radius 3 is 2.78 bits per heavy atom. The average Bonchev–Trinajstić information content (AvgIpc) is 3.47. The number of nitrogens with one attached hydrogen (secondary N) is 1. The number of carbonyl (C=O) groups is 2. The number of nitrogens with zero attached hydrogens (tertiary/aromatic N) is 4. The molecular weight excluding hydrogens is 342 g/mol. The minimum Gasteiger partial charge on any atom is -0.340 e. The number of likely N-dealkylation sites (tertiary alicyclic amines) is 1. The Balaban J connectivity index is 1.35. The van der Waals surface area contributed by atoms with Gasteiger partial charge in [-0.15, -0.1) is 0 Å². The van der Waals surface area contributed by atoms with E-state index >= 15 is 0 Å². The molecule has 3 amide bonds. The van der Waals surface area contributed by atoms with Crippen molar-refractivity contribution in [3.8, 4) is 0 Å². The highest BCUT2D eigenvalue weighted by molar-refractivity contribution is 5.81. The molecule has 1 N–H and O–H groups in total. The number of aryl methyl sites for hydroxylation is 1. The molecule has 0 bridgehead atoms. The second-order valence-electron chi connectivity index (χ2n) is 7.78. The monoisotopic (exact) mass is 369 g/mol. The third-order valence-electron chi connectivity index (χ3n) is 5.59. The van der Waals surface area contributed by atoms with Crippen LogP contribution in [0.5, 0.6) is 0 Å². The molecule has 7 nitrogen and oxygen atoms in total. The van der Waals surface area contributed by atoms with Crippen LogP contribution in [-0.4, -0.2) is 57.5 Å². The number of amides is 3. The molecule has 2 heterocycles. The normalized spacial score (nSPS) is 19.9. The Morgan fingerprint density at radius 2 is 2.04 bits per heavy atom. The molecule has 7 heteroatoms. The lowest BCUT2D eigenvalue weighted by Gasteiger charge is -2.34. The van der Waals surface area contributed by atoms with Crippen LogP contribution in [0.1, 0.15) is 31.5 Å². The van der Waals surface area contributed by atoms with Crippen molar-refractivity contribution in [2.75, 3.05) is 20.1 Å². The quantitative estimate of drug-likeness (QED) is 0.897.